The van der Waals surface area contributed by atoms with Gasteiger partial charge in [0.25, 0.3) is 0 Å². The number of fused-ring (bicyclic) bond motifs is 1. The van der Waals surface area contributed by atoms with Gasteiger partial charge in [-0.25, -0.2) is 0 Å². The summed E-state index contributed by atoms with van der Waals surface area (Å²) in [5.41, 5.74) is 7.26. The average Bonchev–Trinajstić information content (AvgIpc) is 2.15. The Hall–Kier alpha value is -0.800. The number of nitrogen functional groups attached to an aromatic ring is 1. The van der Waals surface area contributed by atoms with Crippen molar-refractivity contribution in [2.45, 2.75) is 0 Å². The topological polar surface area (TPSA) is 38.9 Å². The van der Waals surface area contributed by atoms with E-state index in [1.807, 2.05) is 12.1 Å². The molecule has 4 heteroatoms. The molecule has 2 aromatic rings. The monoisotopic (exact) mass is 256 g/mol. The van der Waals surface area contributed by atoms with E-state index in [0.717, 1.165) is 15.4 Å². The van der Waals surface area contributed by atoms with Crippen LogP contribution < -0.4 is 5.73 Å². The van der Waals surface area contributed by atoms with Gasteiger partial charge in [0, 0.05) is 16.1 Å². The summed E-state index contributed by atoms with van der Waals surface area (Å²) in [6.07, 6.45) is 1.70. The van der Waals surface area contributed by atoms with Crippen LogP contribution in [0.3, 0.4) is 0 Å². The first-order valence-corrected chi connectivity index (χ1v) is 4.85. The van der Waals surface area contributed by atoms with Crippen molar-refractivity contribution in [3.05, 3.63) is 33.9 Å². The van der Waals surface area contributed by atoms with Crippen LogP contribution in [0.15, 0.2) is 28.9 Å². The van der Waals surface area contributed by atoms with Gasteiger partial charge in [-0.3, -0.25) is 4.98 Å². The summed E-state index contributed by atoms with van der Waals surface area (Å²) in [5.74, 6) is 0. The van der Waals surface area contributed by atoms with Crippen LogP contribution in [0.25, 0.3) is 10.9 Å². The first-order valence-electron chi connectivity index (χ1n) is 3.68. The molecule has 13 heavy (non-hydrogen) atoms. The van der Waals surface area contributed by atoms with Gasteiger partial charge in [-0.05, 0) is 34.1 Å². The molecule has 2 nitrogen and oxygen atoms in total. The van der Waals surface area contributed by atoms with E-state index in [1.165, 1.54) is 0 Å². The number of hydrogen-bond donors (Lipinski definition) is 1. The zero-order chi connectivity index (χ0) is 9.42. The van der Waals surface area contributed by atoms with Crippen LogP contribution in [0, 0.1) is 0 Å². The van der Waals surface area contributed by atoms with Gasteiger partial charge in [0.15, 0.2) is 0 Å². The van der Waals surface area contributed by atoms with Crippen molar-refractivity contribution < 1.29 is 0 Å². The Bertz CT molecular complexity index is 470. The molecule has 1 aromatic carbocycles. The molecule has 0 radical (unpaired) electrons. The molecule has 66 valence electrons. The van der Waals surface area contributed by atoms with Gasteiger partial charge in [0.2, 0.25) is 0 Å². The summed E-state index contributed by atoms with van der Waals surface area (Å²) in [7, 11) is 0. The molecule has 1 aromatic heterocycles. The summed E-state index contributed by atoms with van der Waals surface area (Å²) < 4.78 is 0.804. The van der Waals surface area contributed by atoms with E-state index in [0.29, 0.717) is 10.7 Å². The van der Waals surface area contributed by atoms with Crippen molar-refractivity contribution in [2.24, 2.45) is 0 Å². The van der Waals surface area contributed by atoms with E-state index in [1.54, 1.807) is 12.3 Å². The minimum Gasteiger partial charge on any atom is -0.397 e. The molecule has 2 N–H and O–H groups in total. The summed E-state index contributed by atoms with van der Waals surface area (Å²) >= 11 is 9.32. The first kappa shape index (κ1) is 8.78. The molecule has 0 amide bonds. The maximum Gasteiger partial charge on any atom is 0.0909 e. The first-order chi connectivity index (χ1) is 6.20. The minimum absolute atomic E-state index is 0.608. The highest BCUT2D eigenvalue weighted by Gasteiger charge is 2.06. The van der Waals surface area contributed by atoms with Crippen LogP contribution in [0.4, 0.5) is 5.69 Å². The second-order valence-corrected chi connectivity index (χ2v) is 3.91. The van der Waals surface area contributed by atoms with Crippen molar-refractivity contribution in [3.8, 4) is 0 Å². The molecule has 0 unspecified atom stereocenters. The number of aromatic nitrogens is 1. The number of halogens is 2. The lowest BCUT2D eigenvalue weighted by molar-refractivity contribution is 1.41. The number of hydrogen-bond acceptors (Lipinski definition) is 2. The summed E-state index contributed by atoms with van der Waals surface area (Å²) in [4.78, 5) is 4.15. The highest BCUT2D eigenvalue weighted by Crippen LogP contribution is 2.32. The molecule has 0 saturated heterocycles. The van der Waals surface area contributed by atoms with Crippen LogP contribution >= 0.6 is 27.5 Å². The lowest BCUT2D eigenvalue weighted by Gasteiger charge is -2.04. The molecule has 0 saturated carbocycles. The minimum atomic E-state index is 0.608. The quantitative estimate of drug-likeness (QED) is 0.736. The number of nitrogens with zero attached hydrogens (tertiary/aromatic N) is 1. The molecule has 0 atom stereocenters. The number of benzene rings is 1. The van der Waals surface area contributed by atoms with Gasteiger partial charge in [0.1, 0.15) is 0 Å². The smallest absolute Gasteiger partial charge is 0.0909 e. The van der Waals surface area contributed by atoms with E-state index >= 15 is 0 Å². The lowest BCUT2D eigenvalue weighted by Crippen LogP contribution is -1.90. The van der Waals surface area contributed by atoms with Crippen molar-refractivity contribution in [2.75, 3.05) is 5.73 Å². The van der Waals surface area contributed by atoms with Crippen LogP contribution in [-0.4, -0.2) is 4.98 Å². The van der Waals surface area contributed by atoms with E-state index < -0.39 is 0 Å². The third-order valence-corrected chi connectivity index (χ3v) is 2.78. The predicted molar refractivity (Wildman–Crippen MR) is 58.9 cm³/mol. The second kappa shape index (κ2) is 3.16. The van der Waals surface area contributed by atoms with Gasteiger partial charge < -0.3 is 5.73 Å². The normalized spacial score (nSPS) is 10.6. The van der Waals surface area contributed by atoms with Gasteiger partial charge in [-0.1, -0.05) is 11.6 Å². The maximum absolute atomic E-state index is 5.99. The average molecular weight is 258 g/mol. The molecule has 0 fully saturated rings. The van der Waals surface area contributed by atoms with Crippen molar-refractivity contribution in [1.82, 2.24) is 4.98 Å². The van der Waals surface area contributed by atoms with E-state index in [2.05, 4.69) is 20.9 Å². The third kappa shape index (κ3) is 1.38. The van der Waals surface area contributed by atoms with Crippen molar-refractivity contribution >= 4 is 44.1 Å². The molecule has 2 rings (SSSR count). The summed E-state index contributed by atoms with van der Waals surface area (Å²) in [6, 6.07) is 5.49. The van der Waals surface area contributed by atoms with Crippen LogP contribution in [0.2, 0.25) is 5.02 Å². The Balaban J connectivity index is 2.97. The maximum atomic E-state index is 5.99. The molecule has 0 spiro atoms. The van der Waals surface area contributed by atoms with E-state index in [4.69, 9.17) is 17.3 Å². The Morgan fingerprint density at radius 1 is 1.46 bits per heavy atom. The number of pyridine rings is 1. The Kier molecular flexibility index (Phi) is 2.14. The zero-order valence-electron chi connectivity index (χ0n) is 6.59. The number of nitrogens with two attached hydrogens (primary N) is 1. The molecule has 0 aliphatic rings. The number of anilines is 1. The predicted octanol–water partition coefficient (Wildman–Crippen LogP) is 3.23. The molecule has 1 heterocycles. The summed E-state index contributed by atoms with van der Waals surface area (Å²) in [5, 5.41) is 1.48. The van der Waals surface area contributed by atoms with Crippen molar-refractivity contribution in [3.63, 3.8) is 0 Å². The highest BCUT2D eigenvalue weighted by atomic mass is 79.9. The highest BCUT2D eigenvalue weighted by molar-refractivity contribution is 9.10. The van der Waals surface area contributed by atoms with Gasteiger partial charge in [0.05, 0.1) is 16.2 Å². The van der Waals surface area contributed by atoms with E-state index in [-0.39, 0.29) is 0 Å². The second-order valence-electron chi connectivity index (χ2n) is 2.65. The number of rotatable bonds is 0. The fourth-order valence-electron chi connectivity index (χ4n) is 1.20. The molecular weight excluding hydrogens is 251 g/mol. The van der Waals surface area contributed by atoms with Crippen molar-refractivity contribution in [1.29, 1.82) is 0 Å². The molecular formula is C9H6BrClN2. The fourth-order valence-corrected chi connectivity index (χ4v) is 2.03. The Labute approximate surface area is 88.8 Å². The van der Waals surface area contributed by atoms with Gasteiger partial charge >= 0.3 is 0 Å². The standard InChI is InChI=1S/C9H6BrClN2/c10-6-4-7(11)9-5(8(6)12)2-1-3-13-9/h1-4H,12H2. The van der Waals surface area contributed by atoms with Gasteiger partial charge in [-0.15, -0.1) is 0 Å². The fraction of sp³-hybridized carbons (Fsp3) is 0. The third-order valence-electron chi connectivity index (χ3n) is 1.83. The SMILES string of the molecule is Nc1c(Br)cc(Cl)c2ncccc12. The van der Waals surface area contributed by atoms with Gasteiger partial charge in [-0.2, -0.15) is 0 Å². The summed E-state index contributed by atoms with van der Waals surface area (Å²) in [6.45, 7) is 0. The Morgan fingerprint density at radius 3 is 3.00 bits per heavy atom. The van der Waals surface area contributed by atoms with Crippen LogP contribution in [0.5, 0.6) is 0 Å². The molecule has 0 aliphatic heterocycles. The van der Waals surface area contributed by atoms with Crippen LogP contribution in [-0.2, 0) is 0 Å². The lowest BCUT2D eigenvalue weighted by atomic mass is 10.2. The van der Waals surface area contributed by atoms with Crippen LogP contribution in [0.1, 0.15) is 0 Å². The molecule has 0 aliphatic carbocycles. The molecule has 0 bridgehead atoms. The zero-order valence-corrected chi connectivity index (χ0v) is 8.93. The Morgan fingerprint density at radius 2 is 2.23 bits per heavy atom. The largest absolute Gasteiger partial charge is 0.397 e. The van der Waals surface area contributed by atoms with E-state index in [9.17, 15) is 0 Å².